The van der Waals surface area contributed by atoms with Crippen molar-refractivity contribution in [3.63, 3.8) is 0 Å². The highest BCUT2D eigenvalue weighted by Crippen LogP contribution is 2.19. The number of amides is 1. The van der Waals surface area contributed by atoms with Gasteiger partial charge in [-0.25, -0.2) is 4.98 Å². The van der Waals surface area contributed by atoms with Gasteiger partial charge < -0.3 is 9.88 Å². The number of hydrogen-bond donors (Lipinski definition) is 1. The summed E-state index contributed by atoms with van der Waals surface area (Å²) < 4.78 is 2.10. The number of benzene rings is 1. The van der Waals surface area contributed by atoms with Gasteiger partial charge in [0.1, 0.15) is 5.82 Å². The van der Waals surface area contributed by atoms with Crippen LogP contribution in [-0.4, -0.2) is 21.5 Å². The minimum Gasteiger partial charge on any atom is -0.349 e. The van der Waals surface area contributed by atoms with Gasteiger partial charge in [0.15, 0.2) is 0 Å². The first-order valence-electron chi connectivity index (χ1n) is 8.95. The average molecular weight is 313 g/mol. The van der Waals surface area contributed by atoms with E-state index in [0.717, 1.165) is 41.7 Å². The van der Waals surface area contributed by atoms with Crippen LogP contribution >= 0.6 is 0 Å². The van der Waals surface area contributed by atoms with E-state index in [2.05, 4.69) is 21.8 Å². The number of nitrogens with one attached hydrogen (secondary N) is 1. The molecule has 0 spiro atoms. The number of imidazole rings is 1. The number of carbonyl (C=O) groups is 1. The molecule has 4 heteroatoms. The molecule has 1 N–H and O–H groups in total. The highest BCUT2D eigenvalue weighted by atomic mass is 16.1. The van der Waals surface area contributed by atoms with Gasteiger partial charge in [-0.05, 0) is 31.0 Å². The molecule has 1 aromatic heterocycles. The van der Waals surface area contributed by atoms with Gasteiger partial charge in [0, 0.05) is 25.1 Å². The lowest BCUT2D eigenvalue weighted by Gasteiger charge is -2.21. The Morgan fingerprint density at radius 2 is 1.91 bits per heavy atom. The number of rotatable bonds is 3. The van der Waals surface area contributed by atoms with E-state index in [0.29, 0.717) is 6.04 Å². The van der Waals surface area contributed by atoms with Crippen molar-refractivity contribution in [3.05, 3.63) is 29.6 Å². The summed E-state index contributed by atoms with van der Waals surface area (Å²) >= 11 is 0. The summed E-state index contributed by atoms with van der Waals surface area (Å²) in [5.41, 5.74) is 2.72. The van der Waals surface area contributed by atoms with Gasteiger partial charge in [-0.15, -0.1) is 0 Å². The minimum atomic E-state index is 0.0428. The van der Waals surface area contributed by atoms with Crippen molar-refractivity contribution >= 4 is 16.9 Å². The van der Waals surface area contributed by atoms with E-state index in [1.807, 2.05) is 25.2 Å². The predicted octanol–water partition coefficient (Wildman–Crippen LogP) is 3.98. The van der Waals surface area contributed by atoms with Crippen LogP contribution in [0.15, 0.2) is 18.2 Å². The Labute approximate surface area is 138 Å². The Balaban J connectivity index is 1.74. The number of nitrogens with zero attached hydrogens (tertiary/aromatic N) is 2. The number of aryl methyl sites for hydroxylation is 2. The van der Waals surface area contributed by atoms with Crippen LogP contribution in [-0.2, 0) is 13.5 Å². The summed E-state index contributed by atoms with van der Waals surface area (Å²) in [6.45, 7) is 2.10. The molecule has 1 fully saturated rings. The van der Waals surface area contributed by atoms with Crippen molar-refractivity contribution in [1.29, 1.82) is 0 Å². The zero-order chi connectivity index (χ0) is 16.2. The smallest absolute Gasteiger partial charge is 0.251 e. The van der Waals surface area contributed by atoms with Gasteiger partial charge >= 0.3 is 0 Å². The number of carbonyl (C=O) groups excluding carboxylic acids is 1. The van der Waals surface area contributed by atoms with Crippen molar-refractivity contribution in [3.8, 4) is 0 Å². The molecule has 1 aliphatic rings. The molecule has 1 saturated carbocycles. The molecule has 0 bridgehead atoms. The van der Waals surface area contributed by atoms with Crippen LogP contribution in [0.2, 0.25) is 0 Å². The highest BCUT2D eigenvalue weighted by molar-refractivity contribution is 5.97. The largest absolute Gasteiger partial charge is 0.349 e. The molecule has 3 rings (SSSR count). The molecule has 1 amide bonds. The normalized spacial score (nSPS) is 17.0. The Morgan fingerprint density at radius 3 is 2.61 bits per heavy atom. The number of hydrogen-bond acceptors (Lipinski definition) is 2. The summed E-state index contributed by atoms with van der Waals surface area (Å²) in [4.78, 5) is 17.2. The third kappa shape index (κ3) is 3.57. The van der Waals surface area contributed by atoms with E-state index in [1.54, 1.807) is 0 Å². The van der Waals surface area contributed by atoms with E-state index in [4.69, 9.17) is 0 Å². The van der Waals surface area contributed by atoms with Crippen LogP contribution in [0.3, 0.4) is 0 Å². The summed E-state index contributed by atoms with van der Waals surface area (Å²) in [6.07, 6.45) is 9.51. The number of aromatic nitrogens is 2. The molecular formula is C19H27N3O. The average Bonchev–Trinajstić information content (AvgIpc) is 2.85. The fourth-order valence-corrected chi connectivity index (χ4v) is 3.58. The zero-order valence-electron chi connectivity index (χ0n) is 14.3. The van der Waals surface area contributed by atoms with Crippen LogP contribution < -0.4 is 5.32 Å². The van der Waals surface area contributed by atoms with Gasteiger partial charge in [-0.1, -0.05) is 39.0 Å². The Hall–Kier alpha value is -1.84. The molecule has 1 aliphatic carbocycles. The molecule has 4 nitrogen and oxygen atoms in total. The van der Waals surface area contributed by atoms with Crippen molar-refractivity contribution in [2.45, 2.75) is 64.3 Å². The van der Waals surface area contributed by atoms with Crippen molar-refractivity contribution < 1.29 is 4.79 Å². The standard InChI is InChI=1S/C19H27N3O/c1-3-18-21-16-13-14(11-12-17(16)22(18)2)19(23)20-15-9-7-5-4-6-8-10-15/h11-13,15H,3-10H2,1-2H3,(H,20,23). The molecule has 23 heavy (non-hydrogen) atoms. The van der Waals surface area contributed by atoms with Crippen molar-refractivity contribution in [2.75, 3.05) is 0 Å². The van der Waals surface area contributed by atoms with Gasteiger partial charge in [-0.2, -0.15) is 0 Å². The lowest BCUT2D eigenvalue weighted by molar-refractivity contribution is 0.0930. The summed E-state index contributed by atoms with van der Waals surface area (Å²) in [6, 6.07) is 6.18. The van der Waals surface area contributed by atoms with E-state index in [9.17, 15) is 4.79 Å². The van der Waals surface area contributed by atoms with E-state index >= 15 is 0 Å². The van der Waals surface area contributed by atoms with Crippen LogP contribution in [0.4, 0.5) is 0 Å². The Kier molecular flexibility index (Phi) is 4.99. The molecule has 0 radical (unpaired) electrons. The van der Waals surface area contributed by atoms with E-state index in [1.165, 1.54) is 32.1 Å². The summed E-state index contributed by atoms with van der Waals surface area (Å²) in [7, 11) is 2.03. The predicted molar refractivity (Wildman–Crippen MR) is 93.7 cm³/mol. The molecule has 124 valence electrons. The lowest BCUT2D eigenvalue weighted by atomic mass is 9.96. The highest BCUT2D eigenvalue weighted by Gasteiger charge is 2.16. The SMILES string of the molecule is CCc1nc2cc(C(=O)NC3CCCCCCC3)ccc2n1C. The van der Waals surface area contributed by atoms with E-state index < -0.39 is 0 Å². The van der Waals surface area contributed by atoms with Gasteiger partial charge in [0.25, 0.3) is 5.91 Å². The van der Waals surface area contributed by atoms with E-state index in [-0.39, 0.29) is 5.91 Å². The van der Waals surface area contributed by atoms with Crippen molar-refractivity contribution in [1.82, 2.24) is 14.9 Å². The maximum absolute atomic E-state index is 12.6. The number of fused-ring (bicyclic) bond motifs is 1. The maximum Gasteiger partial charge on any atom is 0.251 e. The van der Waals surface area contributed by atoms with Gasteiger partial charge in [0.05, 0.1) is 11.0 Å². The summed E-state index contributed by atoms with van der Waals surface area (Å²) in [5.74, 6) is 1.10. The molecule has 0 saturated heterocycles. The van der Waals surface area contributed by atoms with Crippen LogP contribution in [0.25, 0.3) is 11.0 Å². The first kappa shape index (κ1) is 16.0. The third-order valence-corrected chi connectivity index (χ3v) is 4.99. The fourth-order valence-electron chi connectivity index (χ4n) is 3.58. The Bertz CT molecular complexity index is 681. The molecule has 2 aromatic rings. The quantitative estimate of drug-likeness (QED) is 0.931. The Morgan fingerprint density at radius 1 is 1.22 bits per heavy atom. The fraction of sp³-hybridized carbons (Fsp3) is 0.579. The van der Waals surface area contributed by atoms with Crippen LogP contribution in [0.5, 0.6) is 0 Å². The van der Waals surface area contributed by atoms with Crippen LogP contribution in [0.1, 0.15) is 68.1 Å². The monoisotopic (exact) mass is 313 g/mol. The second kappa shape index (κ2) is 7.16. The molecule has 1 heterocycles. The van der Waals surface area contributed by atoms with Crippen molar-refractivity contribution in [2.24, 2.45) is 7.05 Å². The molecule has 0 atom stereocenters. The summed E-state index contributed by atoms with van der Waals surface area (Å²) in [5, 5.41) is 3.23. The zero-order valence-corrected chi connectivity index (χ0v) is 14.3. The lowest BCUT2D eigenvalue weighted by Crippen LogP contribution is -2.35. The van der Waals surface area contributed by atoms with Gasteiger partial charge in [-0.3, -0.25) is 4.79 Å². The third-order valence-electron chi connectivity index (χ3n) is 4.99. The second-order valence-electron chi connectivity index (χ2n) is 6.66. The van der Waals surface area contributed by atoms with Gasteiger partial charge in [0.2, 0.25) is 0 Å². The first-order chi connectivity index (χ1) is 11.2. The molecule has 0 aliphatic heterocycles. The van der Waals surface area contributed by atoms with Crippen LogP contribution in [0, 0.1) is 0 Å². The minimum absolute atomic E-state index is 0.0428. The maximum atomic E-state index is 12.6. The molecular weight excluding hydrogens is 286 g/mol. The topological polar surface area (TPSA) is 46.9 Å². The molecule has 1 aromatic carbocycles. The first-order valence-corrected chi connectivity index (χ1v) is 8.95. The molecule has 0 unspecified atom stereocenters. The second-order valence-corrected chi connectivity index (χ2v) is 6.66.